The lowest BCUT2D eigenvalue weighted by atomic mass is 9.99. The molecule has 0 saturated heterocycles. The molecule has 0 aliphatic rings. The molecule has 0 heterocycles. The Kier molecular flexibility index (Phi) is 4.68. The number of phenols is 1. The van der Waals surface area contributed by atoms with Crippen LogP contribution in [-0.4, -0.2) is 10.8 Å². The Morgan fingerprint density at radius 2 is 1.58 bits per heavy atom. The van der Waals surface area contributed by atoms with E-state index in [2.05, 4.69) is 0 Å². The molecule has 0 bridgehead atoms. The van der Waals surface area contributed by atoms with Crippen LogP contribution in [0.25, 0.3) is 0 Å². The Morgan fingerprint density at radius 3 is 2.25 bits per heavy atom. The van der Waals surface area contributed by atoms with Crippen LogP contribution in [-0.2, 0) is 0 Å². The molecule has 1 N–H and O–H groups in total. The van der Waals surface area contributed by atoms with Gasteiger partial charge in [-0.15, -0.1) is 0 Å². The van der Waals surface area contributed by atoms with Crippen molar-refractivity contribution in [3.8, 4) is 5.75 Å². The molecule has 3 aromatic rings. The third-order valence-corrected chi connectivity index (χ3v) is 4.26. The first-order chi connectivity index (χ1) is 11.5. The van der Waals surface area contributed by atoms with E-state index in [4.69, 9.17) is 16.6 Å². The van der Waals surface area contributed by atoms with Gasteiger partial charge in [-0.25, -0.2) is 4.99 Å². The van der Waals surface area contributed by atoms with Crippen LogP contribution < -0.4 is 0 Å². The lowest BCUT2D eigenvalue weighted by molar-refractivity contribution is 0.474. The molecule has 0 spiro atoms. The first-order valence-corrected chi connectivity index (χ1v) is 8.12. The van der Waals surface area contributed by atoms with Crippen LogP contribution in [0.5, 0.6) is 5.75 Å². The predicted octanol–water partition coefficient (Wildman–Crippen LogP) is 5.83. The Hall–Kier alpha value is -2.58. The monoisotopic (exact) mass is 335 g/mol. The second-order valence-electron chi connectivity index (χ2n) is 5.78. The summed E-state index contributed by atoms with van der Waals surface area (Å²) >= 11 is 6.27. The van der Waals surface area contributed by atoms with Crippen molar-refractivity contribution >= 4 is 23.0 Å². The Labute approximate surface area is 147 Å². The van der Waals surface area contributed by atoms with Crippen molar-refractivity contribution in [2.75, 3.05) is 0 Å². The molecule has 0 saturated carbocycles. The summed E-state index contributed by atoms with van der Waals surface area (Å²) < 4.78 is 0. The average Bonchev–Trinajstić information content (AvgIpc) is 2.59. The van der Waals surface area contributed by atoms with Gasteiger partial charge in [-0.05, 0) is 43.7 Å². The summed E-state index contributed by atoms with van der Waals surface area (Å²) in [5, 5.41) is 11.0. The van der Waals surface area contributed by atoms with Gasteiger partial charge < -0.3 is 5.11 Å². The van der Waals surface area contributed by atoms with E-state index in [0.717, 1.165) is 16.8 Å². The third-order valence-electron chi connectivity index (χ3n) is 3.85. The topological polar surface area (TPSA) is 32.6 Å². The van der Waals surface area contributed by atoms with E-state index < -0.39 is 0 Å². The number of phenolic OH excluding ortho intramolecular Hbond substituents is 1. The first kappa shape index (κ1) is 16.3. The van der Waals surface area contributed by atoms with Crippen LogP contribution in [0.4, 0.5) is 5.69 Å². The lowest BCUT2D eigenvalue weighted by Gasteiger charge is -2.11. The summed E-state index contributed by atoms with van der Waals surface area (Å²) in [5.74, 6) is 0.173. The maximum Gasteiger partial charge on any atom is 0.125 e. The highest BCUT2D eigenvalue weighted by molar-refractivity contribution is 6.32. The summed E-state index contributed by atoms with van der Waals surface area (Å²) in [6.45, 7) is 3.91. The summed E-state index contributed by atoms with van der Waals surface area (Å²) in [6, 6.07) is 21.2. The fourth-order valence-electron chi connectivity index (χ4n) is 2.48. The Balaban J connectivity index is 2.20. The molecule has 0 radical (unpaired) electrons. The zero-order chi connectivity index (χ0) is 17.1. The molecule has 3 heteroatoms. The fourth-order valence-corrected chi connectivity index (χ4v) is 2.64. The van der Waals surface area contributed by atoms with Crippen molar-refractivity contribution < 1.29 is 5.11 Å². The molecule has 0 unspecified atom stereocenters. The highest BCUT2D eigenvalue weighted by Gasteiger charge is 2.14. The largest absolute Gasteiger partial charge is 0.507 e. The highest BCUT2D eigenvalue weighted by atomic mass is 35.5. The molecular weight excluding hydrogens is 318 g/mol. The third kappa shape index (κ3) is 3.50. The van der Waals surface area contributed by atoms with Gasteiger partial charge in [0.1, 0.15) is 5.75 Å². The second kappa shape index (κ2) is 6.90. The van der Waals surface area contributed by atoms with Crippen LogP contribution in [0.3, 0.4) is 0 Å². The van der Waals surface area contributed by atoms with Gasteiger partial charge in [0.25, 0.3) is 0 Å². The summed E-state index contributed by atoms with van der Waals surface area (Å²) in [6.07, 6.45) is 0. The summed E-state index contributed by atoms with van der Waals surface area (Å²) in [5.41, 5.74) is 5.08. The van der Waals surface area contributed by atoms with Gasteiger partial charge in [0, 0.05) is 16.1 Å². The molecule has 0 fully saturated rings. The molecule has 3 rings (SSSR count). The highest BCUT2D eigenvalue weighted by Crippen LogP contribution is 2.29. The lowest BCUT2D eigenvalue weighted by Crippen LogP contribution is -2.04. The Morgan fingerprint density at radius 1 is 0.917 bits per heavy atom. The maximum absolute atomic E-state index is 10.4. The van der Waals surface area contributed by atoms with Crippen LogP contribution in [0, 0.1) is 13.8 Å². The predicted molar refractivity (Wildman–Crippen MR) is 101 cm³/mol. The van der Waals surface area contributed by atoms with Crippen molar-refractivity contribution in [1.82, 2.24) is 0 Å². The molecule has 0 aliphatic heterocycles. The number of hydrogen-bond acceptors (Lipinski definition) is 2. The van der Waals surface area contributed by atoms with Crippen molar-refractivity contribution in [2.24, 2.45) is 4.99 Å². The molecule has 0 aliphatic carbocycles. The maximum atomic E-state index is 10.4. The minimum atomic E-state index is 0.173. The van der Waals surface area contributed by atoms with Crippen molar-refractivity contribution in [1.29, 1.82) is 0 Å². The standard InChI is InChI=1S/C21H18ClNO/c1-14-8-10-17(11-9-14)23-21(16-6-4-3-5-7-16)18-13-19(22)15(2)12-20(18)24/h3-13,24H,1-2H3. The number of rotatable bonds is 3. The molecule has 24 heavy (non-hydrogen) atoms. The van der Waals surface area contributed by atoms with Crippen LogP contribution in [0.2, 0.25) is 5.02 Å². The molecule has 2 nitrogen and oxygen atoms in total. The fraction of sp³-hybridized carbons (Fsp3) is 0.0952. The quantitative estimate of drug-likeness (QED) is 0.600. The Bertz CT molecular complexity index is 884. The number of hydrogen-bond donors (Lipinski definition) is 1. The molecule has 0 aromatic heterocycles. The van der Waals surface area contributed by atoms with E-state index in [0.29, 0.717) is 16.3 Å². The van der Waals surface area contributed by atoms with Crippen LogP contribution in [0.1, 0.15) is 22.3 Å². The number of aryl methyl sites for hydroxylation is 2. The molecule has 3 aromatic carbocycles. The minimum absolute atomic E-state index is 0.173. The average molecular weight is 336 g/mol. The summed E-state index contributed by atoms with van der Waals surface area (Å²) in [7, 11) is 0. The van der Waals surface area contributed by atoms with Crippen molar-refractivity contribution in [3.05, 3.63) is 94.0 Å². The van der Waals surface area contributed by atoms with E-state index in [9.17, 15) is 5.11 Å². The van der Waals surface area contributed by atoms with Gasteiger partial charge in [-0.3, -0.25) is 0 Å². The second-order valence-corrected chi connectivity index (χ2v) is 6.19. The molecule has 0 amide bonds. The molecule has 0 atom stereocenters. The number of nitrogens with zero attached hydrogens (tertiary/aromatic N) is 1. The smallest absolute Gasteiger partial charge is 0.125 e. The minimum Gasteiger partial charge on any atom is -0.507 e. The van der Waals surface area contributed by atoms with Gasteiger partial charge in [-0.1, -0.05) is 59.6 Å². The van der Waals surface area contributed by atoms with Crippen molar-refractivity contribution in [2.45, 2.75) is 13.8 Å². The van der Waals surface area contributed by atoms with Crippen LogP contribution >= 0.6 is 11.6 Å². The number of halogens is 1. The number of benzene rings is 3. The zero-order valence-corrected chi connectivity index (χ0v) is 14.4. The molecule has 120 valence electrons. The van der Waals surface area contributed by atoms with Gasteiger partial charge in [-0.2, -0.15) is 0 Å². The van der Waals surface area contributed by atoms with Crippen LogP contribution in [0.15, 0.2) is 71.7 Å². The van der Waals surface area contributed by atoms with Crippen molar-refractivity contribution in [3.63, 3.8) is 0 Å². The normalized spacial score (nSPS) is 11.5. The number of aromatic hydroxyl groups is 1. The van der Waals surface area contributed by atoms with E-state index in [1.54, 1.807) is 12.1 Å². The van der Waals surface area contributed by atoms with E-state index >= 15 is 0 Å². The van der Waals surface area contributed by atoms with Gasteiger partial charge >= 0.3 is 0 Å². The van der Waals surface area contributed by atoms with Gasteiger partial charge in [0.15, 0.2) is 0 Å². The van der Waals surface area contributed by atoms with Gasteiger partial charge in [0.2, 0.25) is 0 Å². The first-order valence-electron chi connectivity index (χ1n) is 7.75. The molecular formula is C21H18ClNO. The van der Waals surface area contributed by atoms with Gasteiger partial charge in [0.05, 0.1) is 11.4 Å². The van der Waals surface area contributed by atoms with E-state index in [1.807, 2.05) is 68.4 Å². The SMILES string of the molecule is Cc1ccc(N=C(c2ccccc2)c2cc(Cl)c(C)cc2O)cc1. The van der Waals surface area contributed by atoms with E-state index in [1.165, 1.54) is 5.56 Å². The number of aliphatic imine (C=N–C) groups is 1. The van der Waals surface area contributed by atoms with E-state index in [-0.39, 0.29) is 5.75 Å². The zero-order valence-electron chi connectivity index (χ0n) is 13.6. The summed E-state index contributed by atoms with van der Waals surface area (Å²) in [4.78, 5) is 4.77.